The first kappa shape index (κ1) is 14.5. The maximum absolute atomic E-state index is 12.0. The molecule has 8 nitrogen and oxygen atoms in total. The van der Waals surface area contributed by atoms with Crippen LogP contribution in [0.1, 0.15) is 18.5 Å². The average molecular weight is 282 g/mol. The summed E-state index contributed by atoms with van der Waals surface area (Å²) < 4.78 is 5.44. The van der Waals surface area contributed by atoms with Crippen molar-refractivity contribution < 1.29 is 19.4 Å². The number of carbonyl (C=O) groups is 2. The van der Waals surface area contributed by atoms with Gasteiger partial charge in [0.15, 0.2) is 0 Å². The molecule has 0 spiro atoms. The van der Waals surface area contributed by atoms with Gasteiger partial charge in [-0.2, -0.15) is 0 Å². The van der Waals surface area contributed by atoms with Crippen LogP contribution in [0.3, 0.4) is 0 Å². The molecule has 1 aliphatic heterocycles. The van der Waals surface area contributed by atoms with Gasteiger partial charge in [-0.3, -0.25) is 4.79 Å². The van der Waals surface area contributed by atoms with Gasteiger partial charge in [0.1, 0.15) is 12.1 Å². The second kappa shape index (κ2) is 6.49. The second-order valence-corrected chi connectivity index (χ2v) is 4.74. The van der Waals surface area contributed by atoms with Crippen LogP contribution in [0.2, 0.25) is 0 Å². The van der Waals surface area contributed by atoms with E-state index in [-0.39, 0.29) is 12.5 Å². The topological polar surface area (TPSA) is 130 Å². The van der Waals surface area contributed by atoms with Crippen LogP contribution >= 0.6 is 0 Å². The van der Waals surface area contributed by atoms with Gasteiger partial charge in [-0.1, -0.05) is 0 Å². The Hall–Kier alpha value is -1.93. The number of nitrogens with zero attached hydrogens (tertiary/aromatic N) is 1. The number of aromatic amines is 1. The van der Waals surface area contributed by atoms with E-state index in [0.717, 1.165) is 0 Å². The number of H-pyrrole nitrogens is 1. The Labute approximate surface area is 115 Å². The number of nitrogens with two attached hydrogens (primary N) is 1. The SMILES string of the molecule is NCC1CCC(C(=O)N[C@@H](Cc2cnc[nH]2)C(=O)O)O1. The zero-order valence-corrected chi connectivity index (χ0v) is 10.9. The third-order valence-corrected chi connectivity index (χ3v) is 3.26. The van der Waals surface area contributed by atoms with Gasteiger partial charge < -0.3 is 25.9 Å². The smallest absolute Gasteiger partial charge is 0.326 e. The molecule has 1 aromatic heterocycles. The van der Waals surface area contributed by atoms with E-state index in [9.17, 15) is 9.59 Å². The van der Waals surface area contributed by atoms with Crippen molar-refractivity contribution >= 4 is 11.9 Å². The Morgan fingerprint density at radius 2 is 2.40 bits per heavy atom. The average Bonchev–Trinajstić information content (AvgIpc) is 3.08. The monoisotopic (exact) mass is 282 g/mol. The number of imidazole rings is 1. The maximum atomic E-state index is 12.0. The number of aliphatic carboxylic acids is 1. The molecule has 0 aliphatic carbocycles. The number of carboxylic acids is 1. The van der Waals surface area contributed by atoms with Crippen LogP contribution in [0, 0.1) is 0 Å². The van der Waals surface area contributed by atoms with E-state index < -0.39 is 24.0 Å². The highest BCUT2D eigenvalue weighted by molar-refractivity contribution is 5.86. The van der Waals surface area contributed by atoms with Crippen molar-refractivity contribution in [3.63, 3.8) is 0 Å². The fourth-order valence-corrected chi connectivity index (χ4v) is 2.15. The number of nitrogens with one attached hydrogen (secondary N) is 2. The molecule has 20 heavy (non-hydrogen) atoms. The summed E-state index contributed by atoms with van der Waals surface area (Å²) >= 11 is 0. The van der Waals surface area contributed by atoms with E-state index >= 15 is 0 Å². The van der Waals surface area contributed by atoms with E-state index in [4.69, 9.17) is 15.6 Å². The number of hydrogen-bond donors (Lipinski definition) is 4. The summed E-state index contributed by atoms with van der Waals surface area (Å²) in [5.74, 6) is -1.51. The number of ether oxygens (including phenoxy) is 1. The molecular weight excluding hydrogens is 264 g/mol. The first-order valence-corrected chi connectivity index (χ1v) is 6.46. The van der Waals surface area contributed by atoms with Crippen LogP contribution in [-0.2, 0) is 20.7 Å². The van der Waals surface area contributed by atoms with E-state index in [0.29, 0.717) is 25.1 Å². The zero-order valence-electron chi connectivity index (χ0n) is 10.9. The van der Waals surface area contributed by atoms with Crippen LogP contribution in [0.25, 0.3) is 0 Å². The molecule has 0 aromatic carbocycles. The molecule has 8 heteroatoms. The zero-order chi connectivity index (χ0) is 14.5. The molecule has 0 radical (unpaired) electrons. The molecule has 2 unspecified atom stereocenters. The first-order chi connectivity index (χ1) is 9.60. The highest BCUT2D eigenvalue weighted by Crippen LogP contribution is 2.19. The van der Waals surface area contributed by atoms with Gasteiger partial charge in [-0.05, 0) is 12.8 Å². The summed E-state index contributed by atoms with van der Waals surface area (Å²) in [4.78, 5) is 29.8. The summed E-state index contributed by atoms with van der Waals surface area (Å²) in [6.07, 6.45) is 3.67. The van der Waals surface area contributed by atoms with E-state index in [2.05, 4.69) is 15.3 Å². The van der Waals surface area contributed by atoms with E-state index in [1.54, 1.807) is 0 Å². The lowest BCUT2D eigenvalue weighted by molar-refractivity contribution is -0.144. The fourth-order valence-electron chi connectivity index (χ4n) is 2.15. The molecule has 2 rings (SSSR count). The highest BCUT2D eigenvalue weighted by atomic mass is 16.5. The number of carboxylic acid groups (broad SMARTS) is 1. The van der Waals surface area contributed by atoms with Crippen LogP contribution in [-0.4, -0.2) is 51.7 Å². The second-order valence-electron chi connectivity index (χ2n) is 4.74. The number of amides is 1. The molecule has 2 heterocycles. The normalized spacial score (nSPS) is 23.4. The number of carbonyl (C=O) groups excluding carboxylic acids is 1. The molecule has 1 amide bonds. The fraction of sp³-hybridized carbons (Fsp3) is 0.583. The van der Waals surface area contributed by atoms with Gasteiger partial charge >= 0.3 is 5.97 Å². The molecule has 1 fully saturated rings. The van der Waals surface area contributed by atoms with Gasteiger partial charge in [0.25, 0.3) is 0 Å². The van der Waals surface area contributed by atoms with Crippen LogP contribution in [0.4, 0.5) is 0 Å². The quantitative estimate of drug-likeness (QED) is 0.531. The lowest BCUT2D eigenvalue weighted by Gasteiger charge is -2.17. The lowest BCUT2D eigenvalue weighted by Crippen LogP contribution is -2.46. The molecule has 0 saturated carbocycles. The predicted molar refractivity (Wildman–Crippen MR) is 68.8 cm³/mol. The van der Waals surface area contributed by atoms with Crippen molar-refractivity contribution in [1.29, 1.82) is 0 Å². The minimum absolute atomic E-state index is 0.123. The highest BCUT2D eigenvalue weighted by Gasteiger charge is 2.32. The number of hydrogen-bond acceptors (Lipinski definition) is 5. The van der Waals surface area contributed by atoms with Gasteiger partial charge in [-0.15, -0.1) is 0 Å². The molecular formula is C12H18N4O4. The van der Waals surface area contributed by atoms with Gasteiger partial charge in [0, 0.05) is 24.9 Å². The van der Waals surface area contributed by atoms with Crippen molar-refractivity contribution in [2.75, 3.05) is 6.54 Å². The van der Waals surface area contributed by atoms with Crippen LogP contribution < -0.4 is 11.1 Å². The summed E-state index contributed by atoms with van der Waals surface area (Å²) in [5.41, 5.74) is 6.12. The molecule has 1 saturated heterocycles. The van der Waals surface area contributed by atoms with Gasteiger partial charge in [-0.25, -0.2) is 9.78 Å². The molecule has 0 bridgehead atoms. The standard InChI is InChI=1S/C12H18N4O4/c13-4-8-1-2-10(20-8)11(17)16-9(12(18)19)3-7-5-14-6-15-7/h5-6,8-10H,1-4,13H2,(H,14,15)(H,16,17)(H,18,19)/t8?,9-,10?/m0/s1. The molecule has 3 atom stereocenters. The predicted octanol–water partition coefficient (Wildman–Crippen LogP) is -0.972. The summed E-state index contributed by atoms with van der Waals surface area (Å²) in [6.45, 7) is 0.361. The largest absolute Gasteiger partial charge is 0.480 e. The van der Waals surface area contributed by atoms with Crippen molar-refractivity contribution in [3.05, 3.63) is 18.2 Å². The van der Waals surface area contributed by atoms with Crippen LogP contribution in [0.5, 0.6) is 0 Å². The molecule has 110 valence electrons. The maximum Gasteiger partial charge on any atom is 0.326 e. The Kier molecular flexibility index (Phi) is 4.70. The minimum atomic E-state index is -1.10. The number of rotatable bonds is 6. The van der Waals surface area contributed by atoms with Gasteiger partial charge in [0.05, 0.1) is 12.4 Å². The van der Waals surface area contributed by atoms with Crippen molar-refractivity contribution in [3.8, 4) is 0 Å². The Morgan fingerprint density at radius 3 is 2.95 bits per heavy atom. The summed E-state index contributed by atoms with van der Waals surface area (Å²) in [6, 6.07) is -1.01. The van der Waals surface area contributed by atoms with Gasteiger partial charge in [0.2, 0.25) is 5.91 Å². The minimum Gasteiger partial charge on any atom is -0.480 e. The summed E-state index contributed by atoms with van der Waals surface area (Å²) in [7, 11) is 0. The van der Waals surface area contributed by atoms with Crippen LogP contribution in [0.15, 0.2) is 12.5 Å². The Balaban J connectivity index is 1.91. The van der Waals surface area contributed by atoms with E-state index in [1.165, 1.54) is 12.5 Å². The van der Waals surface area contributed by atoms with Crippen molar-refractivity contribution in [2.24, 2.45) is 5.73 Å². The van der Waals surface area contributed by atoms with E-state index in [1.807, 2.05) is 0 Å². The molecule has 5 N–H and O–H groups in total. The van der Waals surface area contributed by atoms with Crippen molar-refractivity contribution in [1.82, 2.24) is 15.3 Å². The Morgan fingerprint density at radius 1 is 1.60 bits per heavy atom. The Bertz CT molecular complexity index is 462. The number of aromatic nitrogens is 2. The lowest BCUT2D eigenvalue weighted by atomic mass is 10.1. The third-order valence-electron chi connectivity index (χ3n) is 3.26. The molecule has 1 aromatic rings. The van der Waals surface area contributed by atoms with Crippen molar-refractivity contribution in [2.45, 2.75) is 37.5 Å². The summed E-state index contributed by atoms with van der Waals surface area (Å²) in [5, 5.41) is 11.6. The molecule has 1 aliphatic rings. The third kappa shape index (κ3) is 3.55. The first-order valence-electron chi connectivity index (χ1n) is 6.46.